The molecule has 4 nitrogen and oxygen atoms in total. The predicted molar refractivity (Wildman–Crippen MR) is 82.8 cm³/mol. The smallest absolute Gasteiger partial charge is 0.129 e. The molecule has 1 fully saturated rings. The van der Waals surface area contributed by atoms with Crippen LogP contribution in [0.1, 0.15) is 11.6 Å². The van der Waals surface area contributed by atoms with Gasteiger partial charge in [-0.2, -0.15) is 5.26 Å². The number of hydrogen-bond donors (Lipinski definition) is 0. The highest BCUT2D eigenvalue weighted by molar-refractivity contribution is 5.38. The highest BCUT2D eigenvalue weighted by Crippen LogP contribution is 2.24. The predicted octanol–water partition coefficient (Wildman–Crippen LogP) is 2.61. The summed E-state index contributed by atoms with van der Waals surface area (Å²) < 4.78 is 13.9. The summed E-state index contributed by atoms with van der Waals surface area (Å²) in [5.74, 6) is 0.628. The zero-order chi connectivity index (χ0) is 15.4. The van der Waals surface area contributed by atoms with Crippen molar-refractivity contribution in [3.05, 3.63) is 60.0 Å². The highest BCUT2D eigenvalue weighted by Gasteiger charge is 2.27. The molecule has 1 unspecified atom stereocenters. The van der Waals surface area contributed by atoms with E-state index < -0.39 is 6.04 Å². The summed E-state index contributed by atoms with van der Waals surface area (Å²) in [6, 6.07) is 14.0. The van der Waals surface area contributed by atoms with Crippen molar-refractivity contribution < 1.29 is 4.39 Å². The standard InChI is InChI=1S/C17H17FN4/c18-15-6-2-1-5-14(15)16(13-19)21-9-11-22(12-10-21)17-7-3-4-8-20-17/h1-8,16H,9-12H2. The van der Waals surface area contributed by atoms with E-state index in [4.69, 9.17) is 0 Å². The average molecular weight is 296 g/mol. The van der Waals surface area contributed by atoms with Crippen LogP contribution in [0.2, 0.25) is 0 Å². The molecule has 2 aromatic rings. The summed E-state index contributed by atoms with van der Waals surface area (Å²) in [7, 11) is 0. The molecular weight excluding hydrogens is 279 g/mol. The van der Waals surface area contributed by atoms with Gasteiger partial charge in [0.05, 0.1) is 6.07 Å². The molecular formula is C17H17FN4. The van der Waals surface area contributed by atoms with E-state index in [2.05, 4.69) is 16.0 Å². The molecule has 2 heterocycles. The minimum atomic E-state index is -0.535. The molecule has 1 aliphatic rings. The van der Waals surface area contributed by atoms with Crippen molar-refractivity contribution in [1.82, 2.24) is 9.88 Å². The van der Waals surface area contributed by atoms with Gasteiger partial charge in [0.15, 0.2) is 0 Å². The lowest BCUT2D eigenvalue weighted by Gasteiger charge is -2.37. The minimum Gasteiger partial charge on any atom is -0.354 e. The maximum Gasteiger partial charge on any atom is 0.129 e. The fourth-order valence-electron chi connectivity index (χ4n) is 2.79. The first-order valence-corrected chi connectivity index (χ1v) is 7.33. The molecule has 1 aromatic heterocycles. The van der Waals surface area contributed by atoms with E-state index in [9.17, 15) is 9.65 Å². The largest absolute Gasteiger partial charge is 0.354 e. The van der Waals surface area contributed by atoms with Crippen LogP contribution in [0, 0.1) is 17.1 Å². The molecule has 1 aromatic carbocycles. The Hall–Kier alpha value is -2.45. The molecule has 0 N–H and O–H groups in total. The Morgan fingerprint density at radius 1 is 1.05 bits per heavy atom. The van der Waals surface area contributed by atoms with Crippen molar-refractivity contribution in [2.75, 3.05) is 31.1 Å². The van der Waals surface area contributed by atoms with Gasteiger partial charge in [-0.15, -0.1) is 0 Å². The molecule has 1 atom stereocenters. The van der Waals surface area contributed by atoms with Gasteiger partial charge in [-0.1, -0.05) is 24.3 Å². The summed E-state index contributed by atoms with van der Waals surface area (Å²) in [6.07, 6.45) is 1.78. The van der Waals surface area contributed by atoms with Crippen LogP contribution in [-0.2, 0) is 0 Å². The number of halogens is 1. The summed E-state index contributed by atoms with van der Waals surface area (Å²) in [6.45, 7) is 2.99. The van der Waals surface area contributed by atoms with Gasteiger partial charge < -0.3 is 4.90 Å². The first-order valence-electron chi connectivity index (χ1n) is 7.33. The van der Waals surface area contributed by atoms with E-state index in [-0.39, 0.29) is 5.82 Å². The van der Waals surface area contributed by atoms with Crippen LogP contribution in [0.3, 0.4) is 0 Å². The quantitative estimate of drug-likeness (QED) is 0.873. The van der Waals surface area contributed by atoms with Gasteiger partial charge in [-0.05, 0) is 18.2 Å². The lowest BCUT2D eigenvalue weighted by atomic mass is 10.0. The van der Waals surface area contributed by atoms with E-state index in [1.54, 1.807) is 24.4 Å². The maximum atomic E-state index is 13.9. The highest BCUT2D eigenvalue weighted by atomic mass is 19.1. The average Bonchev–Trinajstić information content (AvgIpc) is 2.59. The molecule has 0 amide bonds. The maximum absolute atomic E-state index is 13.9. The molecule has 112 valence electrons. The van der Waals surface area contributed by atoms with E-state index in [0.29, 0.717) is 18.7 Å². The zero-order valence-electron chi connectivity index (χ0n) is 12.2. The van der Waals surface area contributed by atoms with E-state index >= 15 is 0 Å². The van der Waals surface area contributed by atoms with Gasteiger partial charge in [0.2, 0.25) is 0 Å². The summed E-state index contributed by atoms with van der Waals surface area (Å²) in [5.41, 5.74) is 0.455. The lowest BCUT2D eigenvalue weighted by molar-refractivity contribution is 0.218. The monoisotopic (exact) mass is 296 g/mol. The number of nitriles is 1. The molecule has 22 heavy (non-hydrogen) atoms. The van der Waals surface area contributed by atoms with Gasteiger partial charge in [0, 0.05) is 37.9 Å². The third-order valence-electron chi connectivity index (χ3n) is 3.97. The number of hydrogen-bond acceptors (Lipinski definition) is 4. The molecule has 5 heteroatoms. The molecule has 1 aliphatic heterocycles. The Bertz CT molecular complexity index is 660. The number of nitrogens with zero attached hydrogens (tertiary/aromatic N) is 4. The van der Waals surface area contributed by atoms with Gasteiger partial charge in [0.1, 0.15) is 17.7 Å². The number of anilines is 1. The topological polar surface area (TPSA) is 43.2 Å². The minimum absolute atomic E-state index is 0.318. The van der Waals surface area contributed by atoms with Crippen LogP contribution in [0.4, 0.5) is 10.2 Å². The Morgan fingerprint density at radius 3 is 2.41 bits per heavy atom. The van der Waals surface area contributed by atoms with Gasteiger partial charge in [0.25, 0.3) is 0 Å². The Balaban J connectivity index is 1.70. The van der Waals surface area contributed by atoms with Crippen LogP contribution in [0.25, 0.3) is 0 Å². The van der Waals surface area contributed by atoms with Crippen molar-refractivity contribution >= 4 is 5.82 Å². The van der Waals surface area contributed by atoms with Crippen LogP contribution >= 0.6 is 0 Å². The SMILES string of the molecule is N#CC(c1ccccc1F)N1CCN(c2ccccn2)CC1. The van der Waals surface area contributed by atoms with E-state index in [0.717, 1.165) is 18.9 Å². The fraction of sp³-hybridized carbons (Fsp3) is 0.294. The second-order valence-corrected chi connectivity index (χ2v) is 5.26. The molecule has 0 spiro atoms. The molecule has 0 radical (unpaired) electrons. The van der Waals surface area contributed by atoms with Gasteiger partial charge in [-0.3, -0.25) is 4.90 Å². The lowest BCUT2D eigenvalue weighted by Crippen LogP contribution is -2.47. The van der Waals surface area contributed by atoms with Crippen LogP contribution in [-0.4, -0.2) is 36.1 Å². The first-order chi connectivity index (χ1) is 10.8. The number of aromatic nitrogens is 1. The van der Waals surface area contributed by atoms with Crippen molar-refractivity contribution in [3.63, 3.8) is 0 Å². The van der Waals surface area contributed by atoms with Crippen molar-refractivity contribution in [2.24, 2.45) is 0 Å². The third-order valence-corrected chi connectivity index (χ3v) is 3.97. The van der Waals surface area contributed by atoms with E-state index in [1.807, 2.05) is 23.1 Å². The molecule has 0 bridgehead atoms. The van der Waals surface area contributed by atoms with Crippen molar-refractivity contribution in [1.29, 1.82) is 5.26 Å². The Kier molecular flexibility index (Phi) is 4.31. The molecule has 3 rings (SSSR count). The Morgan fingerprint density at radius 2 is 1.77 bits per heavy atom. The van der Waals surface area contributed by atoms with Crippen LogP contribution in [0.5, 0.6) is 0 Å². The fourth-order valence-corrected chi connectivity index (χ4v) is 2.79. The van der Waals surface area contributed by atoms with Crippen LogP contribution in [0.15, 0.2) is 48.7 Å². The third kappa shape index (κ3) is 2.92. The van der Waals surface area contributed by atoms with Crippen LogP contribution < -0.4 is 4.90 Å². The number of rotatable bonds is 3. The molecule has 0 aliphatic carbocycles. The molecule has 0 saturated carbocycles. The van der Waals surface area contributed by atoms with Crippen molar-refractivity contribution in [2.45, 2.75) is 6.04 Å². The number of pyridine rings is 1. The summed E-state index contributed by atoms with van der Waals surface area (Å²) in [4.78, 5) is 8.56. The second-order valence-electron chi connectivity index (χ2n) is 5.26. The normalized spacial score (nSPS) is 17.0. The second kappa shape index (κ2) is 6.54. The van der Waals surface area contributed by atoms with Crippen molar-refractivity contribution in [3.8, 4) is 6.07 Å². The first kappa shape index (κ1) is 14.5. The Labute approximate surface area is 129 Å². The summed E-state index contributed by atoms with van der Waals surface area (Å²) in [5, 5.41) is 9.45. The van der Waals surface area contributed by atoms with Gasteiger partial charge >= 0.3 is 0 Å². The zero-order valence-corrected chi connectivity index (χ0v) is 12.2. The van der Waals surface area contributed by atoms with Gasteiger partial charge in [-0.25, -0.2) is 9.37 Å². The number of benzene rings is 1. The molecule has 1 saturated heterocycles. The van der Waals surface area contributed by atoms with E-state index in [1.165, 1.54) is 6.07 Å². The summed E-state index contributed by atoms with van der Waals surface area (Å²) >= 11 is 0. The number of piperazine rings is 1.